The number of rotatable bonds is 6. The summed E-state index contributed by atoms with van der Waals surface area (Å²) >= 11 is 0. The second-order valence-corrected chi connectivity index (χ2v) is 7.48. The van der Waals surface area contributed by atoms with E-state index in [1.165, 1.54) is 18.3 Å². The van der Waals surface area contributed by atoms with Gasteiger partial charge in [-0.15, -0.1) is 0 Å². The molecule has 0 amide bonds. The summed E-state index contributed by atoms with van der Waals surface area (Å²) in [6.45, 7) is -0.429. The van der Waals surface area contributed by atoms with Crippen molar-refractivity contribution in [2.24, 2.45) is 0 Å². The van der Waals surface area contributed by atoms with Crippen molar-refractivity contribution in [3.8, 4) is 6.07 Å². The molecular weight excluding hydrogens is 354 g/mol. The van der Waals surface area contributed by atoms with Crippen LogP contribution in [0.15, 0.2) is 64.0 Å². The SMILES string of the molecule is N#C/C(=C\Nc1ccc(S(=O)(=O)CCO)cc1)c1nc2ccccc2o1. The van der Waals surface area contributed by atoms with Crippen molar-refractivity contribution < 1.29 is 17.9 Å². The van der Waals surface area contributed by atoms with E-state index >= 15 is 0 Å². The maximum Gasteiger partial charge on any atom is 0.239 e. The molecule has 26 heavy (non-hydrogen) atoms. The molecular formula is C18H15N3O4S. The van der Waals surface area contributed by atoms with E-state index in [1.807, 2.05) is 18.2 Å². The van der Waals surface area contributed by atoms with E-state index in [-0.39, 0.29) is 22.1 Å². The van der Waals surface area contributed by atoms with Crippen LogP contribution in [0.4, 0.5) is 5.69 Å². The summed E-state index contributed by atoms with van der Waals surface area (Å²) in [6, 6.07) is 15.2. The zero-order chi connectivity index (χ0) is 18.6. The third-order valence-corrected chi connectivity index (χ3v) is 5.31. The average molecular weight is 369 g/mol. The molecule has 0 saturated carbocycles. The van der Waals surface area contributed by atoms with Gasteiger partial charge in [-0.1, -0.05) is 12.1 Å². The normalized spacial score (nSPS) is 12.1. The molecule has 3 rings (SSSR count). The van der Waals surface area contributed by atoms with Gasteiger partial charge in [-0.2, -0.15) is 5.26 Å². The average Bonchev–Trinajstić information content (AvgIpc) is 3.06. The van der Waals surface area contributed by atoms with E-state index in [9.17, 15) is 13.7 Å². The quantitative estimate of drug-likeness (QED) is 0.641. The lowest BCUT2D eigenvalue weighted by molar-refractivity contribution is 0.319. The lowest BCUT2D eigenvalue weighted by Crippen LogP contribution is -2.09. The van der Waals surface area contributed by atoms with Crippen LogP contribution in [0, 0.1) is 11.3 Å². The third kappa shape index (κ3) is 3.74. The minimum Gasteiger partial charge on any atom is -0.435 e. The molecule has 1 aromatic heterocycles. The van der Waals surface area contributed by atoms with E-state index in [4.69, 9.17) is 9.52 Å². The number of nitrogens with zero attached hydrogens (tertiary/aromatic N) is 2. The van der Waals surface area contributed by atoms with Gasteiger partial charge in [0.15, 0.2) is 15.4 Å². The highest BCUT2D eigenvalue weighted by atomic mass is 32.2. The predicted molar refractivity (Wildman–Crippen MR) is 96.8 cm³/mol. The number of nitriles is 1. The molecule has 132 valence electrons. The molecule has 0 aliphatic carbocycles. The zero-order valence-electron chi connectivity index (χ0n) is 13.6. The van der Waals surface area contributed by atoms with Crippen LogP contribution in [0.3, 0.4) is 0 Å². The highest BCUT2D eigenvalue weighted by molar-refractivity contribution is 7.91. The monoisotopic (exact) mass is 369 g/mol. The highest BCUT2D eigenvalue weighted by Gasteiger charge is 2.13. The summed E-state index contributed by atoms with van der Waals surface area (Å²) in [5.74, 6) is -0.126. The fourth-order valence-corrected chi connectivity index (χ4v) is 3.31. The molecule has 0 bridgehead atoms. The number of benzene rings is 2. The van der Waals surface area contributed by atoms with Crippen molar-refractivity contribution >= 4 is 32.2 Å². The van der Waals surface area contributed by atoms with Gasteiger partial charge >= 0.3 is 0 Å². The molecule has 0 aliphatic rings. The van der Waals surface area contributed by atoms with E-state index in [0.29, 0.717) is 16.8 Å². The Morgan fingerprint density at radius 2 is 1.96 bits per heavy atom. The molecule has 3 aromatic rings. The molecule has 0 radical (unpaired) electrons. The molecule has 7 nitrogen and oxygen atoms in total. The largest absolute Gasteiger partial charge is 0.435 e. The smallest absolute Gasteiger partial charge is 0.239 e. The van der Waals surface area contributed by atoms with Crippen molar-refractivity contribution in [1.29, 1.82) is 5.26 Å². The van der Waals surface area contributed by atoms with E-state index in [0.717, 1.165) is 0 Å². The summed E-state index contributed by atoms with van der Waals surface area (Å²) in [5, 5.41) is 21.1. The molecule has 0 aliphatic heterocycles. The predicted octanol–water partition coefficient (Wildman–Crippen LogP) is 2.57. The van der Waals surface area contributed by atoms with E-state index < -0.39 is 16.4 Å². The first-order valence-electron chi connectivity index (χ1n) is 7.70. The first kappa shape index (κ1) is 17.7. The number of fused-ring (bicyclic) bond motifs is 1. The van der Waals surface area contributed by atoms with Crippen LogP contribution in [0.1, 0.15) is 5.89 Å². The van der Waals surface area contributed by atoms with Crippen molar-refractivity contribution in [1.82, 2.24) is 4.98 Å². The Morgan fingerprint density at radius 3 is 2.62 bits per heavy atom. The molecule has 2 aromatic carbocycles. The van der Waals surface area contributed by atoms with Gasteiger partial charge in [-0.05, 0) is 36.4 Å². The zero-order valence-corrected chi connectivity index (χ0v) is 14.4. The molecule has 8 heteroatoms. The molecule has 0 fully saturated rings. The van der Waals surface area contributed by atoms with Crippen LogP contribution in [-0.2, 0) is 9.84 Å². The third-order valence-electron chi connectivity index (χ3n) is 3.60. The lowest BCUT2D eigenvalue weighted by atomic mass is 10.3. The first-order valence-corrected chi connectivity index (χ1v) is 9.35. The van der Waals surface area contributed by atoms with Crippen molar-refractivity contribution in [2.75, 3.05) is 17.7 Å². The van der Waals surface area contributed by atoms with E-state index in [2.05, 4.69) is 10.3 Å². The fourth-order valence-electron chi connectivity index (χ4n) is 2.28. The van der Waals surface area contributed by atoms with Gasteiger partial charge in [0.25, 0.3) is 0 Å². The molecule has 0 unspecified atom stereocenters. The summed E-state index contributed by atoms with van der Waals surface area (Å²) < 4.78 is 29.3. The van der Waals surface area contributed by atoms with Gasteiger partial charge < -0.3 is 14.8 Å². The van der Waals surface area contributed by atoms with Gasteiger partial charge in [0, 0.05) is 11.9 Å². The Bertz CT molecular complexity index is 1060. The van der Waals surface area contributed by atoms with Crippen LogP contribution in [0.25, 0.3) is 16.7 Å². The van der Waals surface area contributed by atoms with Crippen LogP contribution in [0.5, 0.6) is 0 Å². The van der Waals surface area contributed by atoms with Gasteiger partial charge in [-0.3, -0.25) is 0 Å². The number of aromatic nitrogens is 1. The number of hydrogen-bond acceptors (Lipinski definition) is 7. The van der Waals surface area contributed by atoms with E-state index in [1.54, 1.807) is 24.3 Å². The van der Waals surface area contributed by atoms with Gasteiger partial charge in [-0.25, -0.2) is 13.4 Å². The summed E-state index contributed by atoms with van der Waals surface area (Å²) in [4.78, 5) is 4.39. The number of sulfone groups is 1. The Labute approximate surface area is 150 Å². The van der Waals surface area contributed by atoms with Crippen LogP contribution in [0.2, 0.25) is 0 Å². The second kappa shape index (κ2) is 7.39. The lowest BCUT2D eigenvalue weighted by Gasteiger charge is -2.05. The molecule has 2 N–H and O–H groups in total. The first-order chi connectivity index (χ1) is 12.5. The summed E-state index contributed by atoms with van der Waals surface area (Å²) in [5.41, 5.74) is 2.04. The minimum atomic E-state index is -3.49. The standard InChI is InChI=1S/C18H15N3O4S/c19-11-13(18-21-16-3-1-2-4-17(16)25-18)12-20-14-5-7-15(8-6-14)26(23,24)10-9-22/h1-8,12,20,22H,9-10H2/b13-12+. The van der Waals surface area contributed by atoms with Crippen molar-refractivity contribution in [3.05, 3.63) is 60.6 Å². The van der Waals surface area contributed by atoms with Gasteiger partial charge in [0.2, 0.25) is 5.89 Å². The summed E-state index contributed by atoms with van der Waals surface area (Å²) in [7, 11) is -3.49. The second-order valence-electron chi connectivity index (χ2n) is 5.37. The van der Waals surface area contributed by atoms with Crippen LogP contribution in [-0.4, -0.2) is 30.9 Å². The van der Waals surface area contributed by atoms with Gasteiger partial charge in [0.05, 0.1) is 17.3 Å². The number of para-hydroxylation sites is 2. The Balaban J connectivity index is 1.80. The maximum atomic E-state index is 11.9. The number of allylic oxidation sites excluding steroid dienone is 1. The maximum absolute atomic E-state index is 11.9. The van der Waals surface area contributed by atoms with Crippen LogP contribution < -0.4 is 5.32 Å². The Kier molecular flexibility index (Phi) is 5.02. The Hall–Kier alpha value is -3.15. The topological polar surface area (TPSA) is 116 Å². The number of oxazole rings is 1. The minimum absolute atomic E-state index is 0.125. The number of hydrogen-bond donors (Lipinski definition) is 2. The molecule has 0 saturated heterocycles. The molecule has 0 spiro atoms. The van der Waals surface area contributed by atoms with Crippen molar-refractivity contribution in [2.45, 2.75) is 4.90 Å². The van der Waals surface area contributed by atoms with Gasteiger partial charge in [0.1, 0.15) is 17.2 Å². The van der Waals surface area contributed by atoms with Crippen LogP contribution >= 0.6 is 0 Å². The number of anilines is 1. The number of aliphatic hydroxyl groups is 1. The summed E-state index contributed by atoms with van der Waals surface area (Å²) in [6.07, 6.45) is 1.45. The number of aliphatic hydroxyl groups excluding tert-OH is 1. The molecule has 1 heterocycles. The molecule has 0 atom stereocenters. The number of nitrogens with one attached hydrogen (secondary N) is 1. The Morgan fingerprint density at radius 1 is 1.23 bits per heavy atom. The highest BCUT2D eigenvalue weighted by Crippen LogP contribution is 2.21. The fraction of sp³-hybridized carbons (Fsp3) is 0.111. The van der Waals surface area contributed by atoms with Crippen molar-refractivity contribution in [3.63, 3.8) is 0 Å².